The van der Waals surface area contributed by atoms with Gasteiger partial charge < -0.3 is 17.7 Å². The summed E-state index contributed by atoms with van der Waals surface area (Å²) >= 11 is 7.23. The van der Waals surface area contributed by atoms with Gasteiger partial charge in [0.2, 0.25) is 5.71 Å². The Morgan fingerprint density at radius 3 is 1.11 bits per heavy atom. The molecule has 104 heavy (non-hydrogen) atoms. The molecule has 14 aromatic heterocycles. The summed E-state index contributed by atoms with van der Waals surface area (Å²) in [5.41, 5.74) is 9.18. The van der Waals surface area contributed by atoms with Crippen molar-refractivity contribution in [3.8, 4) is 0 Å². The fourth-order valence-electron chi connectivity index (χ4n) is 12.7. The van der Waals surface area contributed by atoms with E-state index in [1.54, 1.807) is 41.3 Å². The van der Waals surface area contributed by atoms with Gasteiger partial charge in [-0.15, -0.1) is 45.3 Å². The number of aromatic nitrogens is 6. The van der Waals surface area contributed by atoms with Gasteiger partial charge in [-0.3, -0.25) is 19.9 Å². The fraction of sp³-hybridized carbons (Fsp3) is 0. The molecule has 0 radical (unpaired) electrons. The number of thiophene rings is 4. The number of rotatable bonds is 0. The van der Waals surface area contributed by atoms with Gasteiger partial charge in [-0.05, 0) is 127 Å². The van der Waals surface area contributed by atoms with Gasteiger partial charge in [-0.25, -0.2) is 9.97 Å². The molecule has 0 spiro atoms. The first kappa shape index (κ1) is 64.5. The van der Waals surface area contributed by atoms with Crippen LogP contribution in [-0.2, 0) is 0 Å². The third-order valence-corrected chi connectivity index (χ3v) is 22.0. The van der Waals surface area contributed by atoms with E-state index in [4.69, 9.17) is 17.7 Å². The molecule has 0 bridgehead atoms. The van der Waals surface area contributed by atoms with Gasteiger partial charge in [-0.2, -0.15) is 0 Å². The number of furan rings is 4. The lowest BCUT2D eigenvalue weighted by molar-refractivity contribution is 0.654. The molecule has 0 atom stereocenters. The van der Waals surface area contributed by atoms with Crippen molar-refractivity contribution in [1.29, 1.82) is 0 Å². The van der Waals surface area contributed by atoms with Crippen molar-refractivity contribution in [3.05, 3.63) is 353 Å². The molecule has 0 aliphatic heterocycles. The summed E-state index contributed by atoms with van der Waals surface area (Å²) in [6.07, 6.45) is 14.6. The molecular formula is C90H58N6O4S4. The van der Waals surface area contributed by atoms with Crippen molar-refractivity contribution in [3.63, 3.8) is 0 Å². The highest BCUT2D eigenvalue weighted by Gasteiger charge is 2.10. The summed E-state index contributed by atoms with van der Waals surface area (Å²) in [4.78, 5) is 26.5. The number of hydrogen-bond acceptors (Lipinski definition) is 14. The van der Waals surface area contributed by atoms with Crippen molar-refractivity contribution in [2.45, 2.75) is 0 Å². The highest BCUT2D eigenvalue weighted by Crippen LogP contribution is 2.37. The van der Waals surface area contributed by atoms with Crippen molar-refractivity contribution in [2.75, 3.05) is 0 Å². The van der Waals surface area contributed by atoms with Gasteiger partial charge >= 0.3 is 0 Å². The second-order valence-corrected chi connectivity index (χ2v) is 28.2. The molecule has 10 aromatic carbocycles. The van der Waals surface area contributed by atoms with Gasteiger partial charge in [0.25, 0.3) is 0 Å². The van der Waals surface area contributed by atoms with Gasteiger partial charge in [0.1, 0.15) is 43.8 Å². The van der Waals surface area contributed by atoms with E-state index in [0.717, 1.165) is 81.9 Å². The number of hydrogen-bond donors (Lipinski definition) is 0. The van der Waals surface area contributed by atoms with Gasteiger partial charge in [-0.1, -0.05) is 176 Å². The van der Waals surface area contributed by atoms with E-state index in [0.29, 0.717) is 5.71 Å². The Labute approximate surface area is 610 Å². The predicted octanol–water partition coefficient (Wildman–Crippen LogP) is 26.9. The molecule has 14 heterocycles. The number of pyridine rings is 6. The van der Waals surface area contributed by atoms with Crippen LogP contribution in [-0.4, -0.2) is 29.9 Å². The standard InChI is InChI=1S/C12H8O.C12H8S.3C11H7NO.3C11H7NS/c2*1-3-7-11-9(5-1)10-6-2-4-8-12(10)13-11;1-2-6-10-8(4-1)9-5-3-7-12-11(9)13-10;1-2-5-9-8(4-1)11-10(13-9)6-3-7-12-11;1-2-4-10-8(3-1)9-7-12-6-5-11(9)13-10;1-2-6-10-8(4-1)9-5-3-7-12-11(9)13-10;1-2-5-9-8(4-1)11-10(13-9)6-3-7-12-11;1-2-4-10-8(3-1)9-7-12-6-5-11(9)13-10/h2*1-8H;6*1-7H. The molecular weight excluding hydrogens is 1360 g/mol. The van der Waals surface area contributed by atoms with Gasteiger partial charge in [0.05, 0.1) is 10.2 Å². The lowest BCUT2D eigenvalue weighted by Crippen LogP contribution is -1.70. The zero-order chi connectivity index (χ0) is 69.4. The summed E-state index contributed by atoms with van der Waals surface area (Å²) < 4.78 is 31.7. The minimum absolute atomic E-state index is 0.712. The molecule has 0 saturated heterocycles. The zero-order valence-electron chi connectivity index (χ0n) is 55.4. The third-order valence-electron chi connectivity index (χ3n) is 17.5. The highest BCUT2D eigenvalue weighted by atomic mass is 32.1. The number of para-hydroxylation sites is 5. The molecule has 14 heteroatoms. The van der Waals surface area contributed by atoms with Crippen molar-refractivity contribution < 1.29 is 17.7 Å². The van der Waals surface area contributed by atoms with E-state index in [9.17, 15) is 0 Å². The molecule has 0 fully saturated rings. The minimum Gasteiger partial charge on any atom is -0.456 e. The van der Waals surface area contributed by atoms with Crippen molar-refractivity contribution in [2.24, 2.45) is 0 Å². The highest BCUT2D eigenvalue weighted by molar-refractivity contribution is 7.27. The monoisotopic (exact) mass is 1410 g/mol. The Morgan fingerprint density at radius 2 is 0.510 bits per heavy atom. The lowest BCUT2D eigenvalue weighted by atomic mass is 10.2. The lowest BCUT2D eigenvalue weighted by Gasteiger charge is -1.88. The van der Waals surface area contributed by atoms with E-state index >= 15 is 0 Å². The second kappa shape index (κ2) is 29.8. The Bertz CT molecular complexity index is 5410. The van der Waals surface area contributed by atoms with Crippen LogP contribution in [0.3, 0.4) is 0 Å². The van der Waals surface area contributed by atoms with Crippen LogP contribution in [0.4, 0.5) is 0 Å². The van der Waals surface area contributed by atoms with Crippen molar-refractivity contribution >= 4 is 214 Å². The Balaban J connectivity index is 0.0000000879. The molecule has 0 saturated carbocycles. The van der Waals surface area contributed by atoms with Crippen molar-refractivity contribution in [1.82, 2.24) is 29.9 Å². The van der Waals surface area contributed by atoms with E-state index in [1.165, 1.54) is 81.4 Å². The molecule has 496 valence electrons. The summed E-state index contributed by atoms with van der Waals surface area (Å²) in [5.74, 6) is 0. The van der Waals surface area contributed by atoms with E-state index in [2.05, 4.69) is 182 Å². The predicted molar refractivity (Wildman–Crippen MR) is 439 cm³/mol. The first-order valence-corrected chi connectivity index (χ1v) is 36.9. The van der Waals surface area contributed by atoms with E-state index < -0.39 is 0 Å². The summed E-state index contributed by atoms with van der Waals surface area (Å²) in [5, 5.41) is 17.1. The normalized spacial score (nSPS) is 11.1. The molecule has 24 aromatic rings. The van der Waals surface area contributed by atoms with Gasteiger partial charge in [0, 0.05) is 153 Å². The average molecular weight is 1420 g/mol. The molecule has 0 N–H and O–H groups in total. The maximum absolute atomic E-state index is 5.65. The third kappa shape index (κ3) is 13.4. The van der Waals surface area contributed by atoms with Gasteiger partial charge in [0.15, 0.2) is 5.58 Å². The first-order chi connectivity index (χ1) is 51.6. The van der Waals surface area contributed by atoms with Crippen LogP contribution >= 0.6 is 45.3 Å². The topological polar surface area (TPSA) is 130 Å². The molecule has 0 unspecified atom stereocenters. The summed E-state index contributed by atoms with van der Waals surface area (Å²) in [6.45, 7) is 0. The Kier molecular flexibility index (Phi) is 18.5. The Hall–Kier alpha value is -12.8. The van der Waals surface area contributed by atoms with Crippen LogP contribution in [0, 0.1) is 0 Å². The SMILES string of the molecule is c1ccc2c(c1)oc1ccccc12.c1ccc2c(c1)oc1cccnc12.c1ccc2c(c1)oc1ccncc12.c1ccc2c(c1)oc1ncccc12.c1ccc2c(c1)sc1ccccc12.c1ccc2c(c1)sc1cccnc12.c1ccc2c(c1)sc1ccncc12.c1ccc2c(c1)sc1ncccc12. The average Bonchev–Trinajstić information content (AvgIpc) is 1.73. The molecule has 0 amide bonds. The van der Waals surface area contributed by atoms with Crippen LogP contribution in [0.2, 0.25) is 0 Å². The van der Waals surface area contributed by atoms with E-state index in [1.807, 2.05) is 205 Å². The zero-order valence-corrected chi connectivity index (χ0v) is 58.7. The maximum Gasteiger partial charge on any atom is 0.227 e. The summed E-state index contributed by atoms with van der Waals surface area (Å²) in [7, 11) is 0. The second-order valence-electron chi connectivity index (χ2n) is 23.9. The molecule has 0 aliphatic carbocycles. The van der Waals surface area contributed by atoms with Crippen LogP contribution in [0.5, 0.6) is 0 Å². The Morgan fingerprint density at radius 1 is 0.183 bits per heavy atom. The number of fused-ring (bicyclic) bond motifs is 24. The first-order valence-electron chi connectivity index (χ1n) is 33.6. The van der Waals surface area contributed by atoms with Crippen LogP contribution in [0.15, 0.2) is 371 Å². The van der Waals surface area contributed by atoms with E-state index in [-0.39, 0.29) is 0 Å². The fourth-order valence-corrected chi connectivity index (χ4v) is 17.0. The van der Waals surface area contributed by atoms with Crippen LogP contribution in [0.25, 0.3) is 169 Å². The number of nitrogens with zero attached hydrogens (tertiary/aromatic N) is 6. The molecule has 24 rings (SSSR count). The summed E-state index contributed by atoms with van der Waals surface area (Å²) in [6, 6.07) is 102. The smallest absolute Gasteiger partial charge is 0.227 e. The quantitative estimate of drug-likeness (QED) is 0.145. The molecule has 10 nitrogen and oxygen atoms in total. The minimum atomic E-state index is 0.712. The number of benzene rings is 10. The van der Waals surface area contributed by atoms with Crippen LogP contribution < -0.4 is 0 Å². The van der Waals surface area contributed by atoms with Crippen LogP contribution in [0.1, 0.15) is 0 Å². The maximum atomic E-state index is 5.65. The largest absolute Gasteiger partial charge is 0.456 e. The molecule has 0 aliphatic rings.